The Morgan fingerprint density at radius 1 is 1.03 bits per heavy atom. The number of fused-ring (bicyclic) bond motifs is 1. The lowest BCUT2D eigenvalue weighted by molar-refractivity contribution is -0.384. The molecule has 0 fully saturated rings. The zero-order valence-electron chi connectivity index (χ0n) is 16.3. The average molecular weight is 418 g/mol. The van der Waals surface area contributed by atoms with Crippen molar-refractivity contribution >= 4 is 34.1 Å². The van der Waals surface area contributed by atoms with Crippen molar-refractivity contribution in [3.8, 4) is 5.69 Å². The van der Waals surface area contributed by atoms with E-state index in [1.165, 1.54) is 12.1 Å². The Balaban J connectivity index is 1.30. The first-order valence-electron chi connectivity index (χ1n) is 9.39. The second-order valence-electron chi connectivity index (χ2n) is 6.77. The Labute approximate surface area is 176 Å². The van der Waals surface area contributed by atoms with E-state index in [-0.39, 0.29) is 30.6 Å². The summed E-state index contributed by atoms with van der Waals surface area (Å²) in [4.78, 5) is 34.8. The number of aromatic nitrogens is 3. The number of carbonyl (C=O) groups excluding carboxylic acids is 2. The number of hydrogen-bond donors (Lipinski definition) is 2. The molecule has 2 heterocycles. The highest BCUT2D eigenvalue weighted by Gasteiger charge is 2.12. The van der Waals surface area contributed by atoms with E-state index in [4.69, 9.17) is 0 Å². The summed E-state index contributed by atoms with van der Waals surface area (Å²) in [6, 6.07) is 15.1. The molecule has 0 saturated carbocycles. The van der Waals surface area contributed by atoms with Gasteiger partial charge in [0.25, 0.3) is 5.69 Å². The zero-order valence-corrected chi connectivity index (χ0v) is 16.3. The van der Waals surface area contributed by atoms with Crippen LogP contribution in [0.3, 0.4) is 0 Å². The molecule has 0 atom stereocenters. The number of nitrogens with zero attached hydrogens (tertiary/aromatic N) is 4. The van der Waals surface area contributed by atoms with Crippen LogP contribution in [0.2, 0.25) is 0 Å². The number of benzene rings is 2. The maximum absolute atomic E-state index is 12.2. The first-order valence-corrected chi connectivity index (χ1v) is 9.39. The van der Waals surface area contributed by atoms with Crippen LogP contribution in [0.25, 0.3) is 16.6 Å². The van der Waals surface area contributed by atoms with Gasteiger partial charge < -0.3 is 15.2 Å². The van der Waals surface area contributed by atoms with Crippen LogP contribution in [-0.4, -0.2) is 37.6 Å². The molecule has 2 aromatic carbocycles. The molecule has 10 heteroatoms. The van der Waals surface area contributed by atoms with E-state index in [2.05, 4.69) is 15.7 Å². The topological polar surface area (TPSA) is 124 Å². The summed E-state index contributed by atoms with van der Waals surface area (Å²) in [5.41, 5.74) is 2.15. The van der Waals surface area contributed by atoms with E-state index in [9.17, 15) is 19.7 Å². The second kappa shape index (κ2) is 8.49. The van der Waals surface area contributed by atoms with Crippen molar-refractivity contribution in [2.24, 2.45) is 0 Å². The number of rotatable bonds is 7. The summed E-state index contributed by atoms with van der Waals surface area (Å²) in [5.74, 6) is -0.701. The Bertz CT molecular complexity index is 1240. The van der Waals surface area contributed by atoms with Crippen molar-refractivity contribution in [1.82, 2.24) is 19.7 Å². The lowest BCUT2D eigenvalue weighted by Crippen LogP contribution is -2.34. The molecular formula is C21H18N6O4. The largest absolute Gasteiger partial charge is 0.345 e. The molecule has 0 spiro atoms. The number of anilines is 1. The van der Waals surface area contributed by atoms with Gasteiger partial charge in [-0.05, 0) is 42.5 Å². The highest BCUT2D eigenvalue weighted by atomic mass is 16.6. The zero-order chi connectivity index (χ0) is 21.8. The standard InChI is InChI=1S/C21H18N6O4/c28-20(24-16-2-4-17(5-3-16)26-10-1-9-23-26)13-22-21(29)14-25-11-8-15-12-18(27(30)31)6-7-19(15)25/h1-12H,13-14H2,(H,22,29)(H,24,28). The first kappa shape index (κ1) is 19.8. The molecule has 0 unspecified atom stereocenters. The molecular weight excluding hydrogens is 400 g/mol. The van der Waals surface area contributed by atoms with Crippen LogP contribution in [0.4, 0.5) is 11.4 Å². The minimum Gasteiger partial charge on any atom is -0.345 e. The fourth-order valence-corrected chi connectivity index (χ4v) is 3.15. The second-order valence-corrected chi connectivity index (χ2v) is 6.77. The molecule has 10 nitrogen and oxygen atoms in total. The summed E-state index contributed by atoms with van der Waals surface area (Å²) < 4.78 is 3.37. The van der Waals surface area contributed by atoms with E-state index in [0.717, 1.165) is 5.69 Å². The van der Waals surface area contributed by atoms with Gasteiger partial charge in [-0.3, -0.25) is 19.7 Å². The number of amides is 2. The average Bonchev–Trinajstić information content (AvgIpc) is 3.43. The molecule has 0 aliphatic rings. The maximum Gasteiger partial charge on any atom is 0.270 e. The maximum atomic E-state index is 12.2. The number of nitro benzene ring substituents is 1. The van der Waals surface area contributed by atoms with Crippen LogP contribution in [0.1, 0.15) is 0 Å². The van der Waals surface area contributed by atoms with E-state index < -0.39 is 4.92 Å². The first-order chi connectivity index (χ1) is 15.0. The Hall–Kier alpha value is -4.47. The molecule has 2 aromatic heterocycles. The number of nitrogens with one attached hydrogen (secondary N) is 2. The predicted molar refractivity (Wildman–Crippen MR) is 114 cm³/mol. The number of nitro groups is 1. The van der Waals surface area contributed by atoms with Crippen LogP contribution < -0.4 is 10.6 Å². The third kappa shape index (κ3) is 4.58. The van der Waals surface area contributed by atoms with Gasteiger partial charge in [0.15, 0.2) is 0 Å². The normalized spacial score (nSPS) is 10.7. The van der Waals surface area contributed by atoms with Gasteiger partial charge in [-0.2, -0.15) is 5.10 Å². The highest BCUT2D eigenvalue weighted by Crippen LogP contribution is 2.21. The molecule has 0 bridgehead atoms. The molecule has 4 rings (SSSR count). The van der Waals surface area contributed by atoms with Gasteiger partial charge in [-0.1, -0.05) is 0 Å². The fraction of sp³-hybridized carbons (Fsp3) is 0.0952. The lowest BCUT2D eigenvalue weighted by Gasteiger charge is -2.09. The predicted octanol–water partition coefficient (Wildman–Crippen LogP) is 2.49. The van der Waals surface area contributed by atoms with Gasteiger partial charge in [-0.15, -0.1) is 0 Å². The van der Waals surface area contributed by atoms with Crippen molar-refractivity contribution in [2.75, 3.05) is 11.9 Å². The number of hydrogen-bond acceptors (Lipinski definition) is 5. The van der Waals surface area contributed by atoms with E-state index >= 15 is 0 Å². The quantitative estimate of drug-likeness (QED) is 0.352. The van der Waals surface area contributed by atoms with E-state index in [1.807, 2.05) is 24.4 Å². The third-order valence-electron chi connectivity index (χ3n) is 4.65. The fourth-order valence-electron chi connectivity index (χ4n) is 3.15. The van der Waals surface area contributed by atoms with Gasteiger partial charge in [-0.25, -0.2) is 4.68 Å². The van der Waals surface area contributed by atoms with Crippen molar-refractivity contribution < 1.29 is 14.5 Å². The van der Waals surface area contributed by atoms with Gasteiger partial charge in [0.05, 0.1) is 17.2 Å². The summed E-state index contributed by atoms with van der Waals surface area (Å²) in [7, 11) is 0. The van der Waals surface area contributed by atoms with Gasteiger partial charge >= 0.3 is 0 Å². The summed E-state index contributed by atoms with van der Waals surface area (Å²) in [6.07, 6.45) is 5.17. The molecule has 0 saturated heterocycles. The van der Waals surface area contributed by atoms with Gasteiger partial charge in [0.2, 0.25) is 11.8 Å². The molecule has 2 N–H and O–H groups in total. The summed E-state index contributed by atoms with van der Waals surface area (Å²) in [6.45, 7) is -0.183. The number of non-ortho nitro benzene ring substituents is 1. The molecule has 0 aliphatic heterocycles. The minimum absolute atomic E-state index is 0.00679. The van der Waals surface area contributed by atoms with Crippen LogP contribution >= 0.6 is 0 Å². The molecule has 4 aromatic rings. The van der Waals surface area contributed by atoms with Crippen LogP contribution in [0.5, 0.6) is 0 Å². The van der Waals surface area contributed by atoms with Gasteiger partial charge in [0, 0.05) is 47.3 Å². The van der Waals surface area contributed by atoms with Crippen LogP contribution in [-0.2, 0) is 16.1 Å². The number of carbonyl (C=O) groups is 2. The Kier molecular flexibility index (Phi) is 5.43. The van der Waals surface area contributed by atoms with Crippen molar-refractivity contribution in [3.05, 3.63) is 83.3 Å². The lowest BCUT2D eigenvalue weighted by atomic mass is 10.2. The van der Waals surface area contributed by atoms with Crippen LogP contribution in [0, 0.1) is 10.1 Å². The molecule has 31 heavy (non-hydrogen) atoms. The third-order valence-corrected chi connectivity index (χ3v) is 4.65. The Morgan fingerprint density at radius 2 is 1.84 bits per heavy atom. The SMILES string of the molecule is O=C(Cn1ccc2cc([N+](=O)[O-])ccc21)NCC(=O)Nc1ccc(-n2cccn2)cc1. The van der Waals surface area contributed by atoms with Crippen molar-refractivity contribution in [1.29, 1.82) is 0 Å². The Morgan fingerprint density at radius 3 is 2.55 bits per heavy atom. The van der Waals surface area contributed by atoms with E-state index in [0.29, 0.717) is 16.6 Å². The van der Waals surface area contributed by atoms with E-state index in [1.54, 1.807) is 45.9 Å². The van der Waals surface area contributed by atoms with Crippen molar-refractivity contribution in [2.45, 2.75) is 6.54 Å². The van der Waals surface area contributed by atoms with Crippen molar-refractivity contribution in [3.63, 3.8) is 0 Å². The summed E-state index contributed by atoms with van der Waals surface area (Å²) in [5, 5.41) is 21.0. The molecule has 0 aliphatic carbocycles. The molecule has 2 amide bonds. The molecule has 0 radical (unpaired) electrons. The monoisotopic (exact) mass is 418 g/mol. The molecule has 156 valence electrons. The highest BCUT2D eigenvalue weighted by molar-refractivity contribution is 5.94. The van der Waals surface area contributed by atoms with Crippen LogP contribution in [0.15, 0.2) is 73.2 Å². The van der Waals surface area contributed by atoms with Gasteiger partial charge in [0.1, 0.15) is 6.54 Å². The summed E-state index contributed by atoms with van der Waals surface area (Å²) >= 11 is 0. The minimum atomic E-state index is -0.465. The smallest absolute Gasteiger partial charge is 0.270 e.